The number of amides is 1. The van der Waals surface area contributed by atoms with Crippen molar-refractivity contribution in [2.75, 3.05) is 23.3 Å². The molecule has 0 bridgehead atoms. The number of benzene rings is 1. The van der Waals surface area contributed by atoms with E-state index in [1.807, 2.05) is 0 Å². The maximum absolute atomic E-state index is 11.1. The summed E-state index contributed by atoms with van der Waals surface area (Å²) in [5, 5.41) is 7.60. The van der Waals surface area contributed by atoms with Crippen LogP contribution in [0.1, 0.15) is 10.4 Å². The van der Waals surface area contributed by atoms with Crippen LogP contribution in [0, 0.1) is 0 Å². The number of nitrogens with one attached hydrogen (secondary N) is 1. The quantitative estimate of drug-likeness (QED) is 0.505. The van der Waals surface area contributed by atoms with Crippen molar-refractivity contribution < 1.29 is 13.2 Å². The van der Waals surface area contributed by atoms with Gasteiger partial charge in [0.15, 0.2) is 0 Å². The number of hydrogen-bond donors (Lipinski definition) is 4. The zero-order chi connectivity index (χ0) is 13.1. The molecule has 8 heteroatoms. The molecule has 0 atom stereocenters. The van der Waals surface area contributed by atoms with Crippen LogP contribution >= 0.6 is 0 Å². The molecule has 0 radical (unpaired) electrons. The van der Waals surface area contributed by atoms with Crippen molar-refractivity contribution >= 4 is 27.3 Å². The highest BCUT2D eigenvalue weighted by atomic mass is 32.2. The molecule has 1 rings (SSSR count). The molecule has 0 fully saturated rings. The van der Waals surface area contributed by atoms with Gasteiger partial charge in [0.25, 0.3) is 5.91 Å². The largest absolute Gasteiger partial charge is 0.399 e. The fourth-order valence-corrected chi connectivity index (χ4v) is 1.64. The first-order valence-corrected chi connectivity index (χ1v) is 6.45. The summed E-state index contributed by atoms with van der Waals surface area (Å²) in [4.78, 5) is 11.1. The van der Waals surface area contributed by atoms with E-state index in [2.05, 4.69) is 5.32 Å². The summed E-state index contributed by atoms with van der Waals surface area (Å²) >= 11 is 0. The molecule has 0 aliphatic carbocycles. The average molecular weight is 258 g/mol. The Kier molecular flexibility index (Phi) is 3.92. The molecule has 7 nitrogen and oxygen atoms in total. The third-order valence-electron chi connectivity index (χ3n) is 2.01. The van der Waals surface area contributed by atoms with Crippen LogP contribution in [0.4, 0.5) is 11.4 Å². The van der Waals surface area contributed by atoms with Crippen LogP contribution in [0.25, 0.3) is 0 Å². The van der Waals surface area contributed by atoms with E-state index in [0.717, 1.165) is 0 Å². The van der Waals surface area contributed by atoms with Gasteiger partial charge in [0, 0.05) is 17.9 Å². The van der Waals surface area contributed by atoms with Gasteiger partial charge in [-0.1, -0.05) is 0 Å². The standard InChI is InChI=1S/C9H14N4O3S/c10-6-1-2-7(9(11)14)8(5-6)13-3-4-17(12,15)16/h1-2,5,13H,3-4,10H2,(H2,11,14)(H2,12,15,16). The van der Waals surface area contributed by atoms with Crippen molar-refractivity contribution in [3.63, 3.8) is 0 Å². The number of nitrogen functional groups attached to an aromatic ring is 1. The van der Waals surface area contributed by atoms with Crippen molar-refractivity contribution in [3.05, 3.63) is 23.8 Å². The van der Waals surface area contributed by atoms with Crippen LogP contribution < -0.4 is 21.9 Å². The van der Waals surface area contributed by atoms with E-state index >= 15 is 0 Å². The minimum Gasteiger partial charge on any atom is -0.399 e. The summed E-state index contributed by atoms with van der Waals surface area (Å²) in [6.07, 6.45) is 0. The van der Waals surface area contributed by atoms with Crippen LogP contribution in [0.5, 0.6) is 0 Å². The first-order chi connectivity index (χ1) is 7.79. The molecule has 7 N–H and O–H groups in total. The van der Waals surface area contributed by atoms with Gasteiger partial charge in [-0.15, -0.1) is 0 Å². The average Bonchev–Trinajstić information content (AvgIpc) is 2.15. The third-order valence-corrected chi connectivity index (χ3v) is 2.78. The predicted octanol–water partition coefficient (Wildman–Crippen LogP) is -0.932. The lowest BCUT2D eigenvalue weighted by atomic mass is 10.1. The Balaban J connectivity index is 2.82. The van der Waals surface area contributed by atoms with E-state index in [0.29, 0.717) is 11.4 Å². The predicted molar refractivity (Wildman–Crippen MR) is 65.8 cm³/mol. The van der Waals surface area contributed by atoms with Gasteiger partial charge in [0.2, 0.25) is 10.0 Å². The number of rotatable bonds is 5. The number of primary amides is 1. The topological polar surface area (TPSA) is 141 Å². The van der Waals surface area contributed by atoms with Gasteiger partial charge in [0.05, 0.1) is 11.3 Å². The van der Waals surface area contributed by atoms with Crippen LogP contribution in [-0.4, -0.2) is 26.6 Å². The van der Waals surface area contributed by atoms with E-state index in [-0.39, 0.29) is 17.9 Å². The van der Waals surface area contributed by atoms with E-state index in [9.17, 15) is 13.2 Å². The fourth-order valence-electron chi connectivity index (χ4n) is 1.25. The summed E-state index contributed by atoms with van der Waals surface area (Å²) in [6, 6.07) is 4.51. The number of nitrogens with two attached hydrogens (primary N) is 3. The second kappa shape index (κ2) is 5.02. The molecule has 0 saturated carbocycles. The van der Waals surface area contributed by atoms with Crippen LogP contribution in [0.15, 0.2) is 18.2 Å². The Hall–Kier alpha value is -1.80. The van der Waals surface area contributed by atoms with Gasteiger partial charge in [-0.25, -0.2) is 13.6 Å². The smallest absolute Gasteiger partial charge is 0.250 e. The summed E-state index contributed by atoms with van der Waals surface area (Å²) in [5.41, 5.74) is 11.8. The number of hydrogen-bond acceptors (Lipinski definition) is 5. The number of primary sulfonamides is 1. The fraction of sp³-hybridized carbons (Fsp3) is 0.222. The molecule has 1 aromatic rings. The van der Waals surface area contributed by atoms with Crippen LogP contribution in [0.2, 0.25) is 0 Å². The number of anilines is 2. The SMILES string of the molecule is NC(=O)c1ccc(N)cc1NCCS(N)(=O)=O. The Morgan fingerprint density at radius 2 is 2.00 bits per heavy atom. The van der Waals surface area contributed by atoms with Crippen molar-refractivity contribution in [1.29, 1.82) is 0 Å². The lowest BCUT2D eigenvalue weighted by molar-refractivity contribution is 0.100. The Morgan fingerprint density at radius 3 is 2.53 bits per heavy atom. The zero-order valence-corrected chi connectivity index (χ0v) is 9.83. The van der Waals surface area contributed by atoms with Crippen molar-refractivity contribution in [2.45, 2.75) is 0 Å². The molecule has 94 valence electrons. The monoisotopic (exact) mass is 258 g/mol. The van der Waals surface area contributed by atoms with E-state index in [1.54, 1.807) is 0 Å². The minimum absolute atomic E-state index is 0.0720. The van der Waals surface area contributed by atoms with Gasteiger partial charge in [-0.05, 0) is 18.2 Å². The normalized spacial score (nSPS) is 11.1. The maximum atomic E-state index is 11.1. The molecule has 0 spiro atoms. The molecular weight excluding hydrogens is 244 g/mol. The molecule has 1 aromatic carbocycles. The molecule has 0 aromatic heterocycles. The molecule has 17 heavy (non-hydrogen) atoms. The van der Waals surface area contributed by atoms with Crippen molar-refractivity contribution in [1.82, 2.24) is 0 Å². The van der Waals surface area contributed by atoms with Crippen molar-refractivity contribution in [3.8, 4) is 0 Å². The highest BCUT2D eigenvalue weighted by Crippen LogP contribution is 2.18. The van der Waals surface area contributed by atoms with E-state index in [1.165, 1.54) is 18.2 Å². The van der Waals surface area contributed by atoms with Crippen LogP contribution in [0.3, 0.4) is 0 Å². The summed E-state index contributed by atoms with van der Waals surface area (Å²) < 4.78 is 21.5. The maximum Gasteiger partial charge on any atom is 0.250 e. The summed E-state index contributed by atoms with van der Waals surface area (Å²) in [7, 11) is -3.55. The molecule has 0 saturated heterocycles. The minimum atomic E-state index is -3.55. The second-order valence-electron chi connectivity index (χ2n) is 3.46. The zero-order valence-electron chi connectivity index (χ0n) is 9.01. The molecule has 0 aliphatic heterocycles. The van der Waals surface area contributed by atoms with Gasteiger partial charge in [-0.3, -0.25) is 4.79 Å². The second-order valence-corrected chi connectivity index (χ2v) is 5.20. The first-order valence-electron chi connectivity index (χ1n) is 4.73. The summed E-state index contributed by atoms with van der Waals surface area (Å²) in [5.74, 6) is -0.872. The molecule has 0 aliphatic rings. The van der Waals surface area contributed by atoms with Gasteiger partial charge >= 0.3 is 0 Å². The summed E-state index contributed by atoms with van der Waals surface area (Å²) in [6.45, 7) is 0.0720. The number of carbonyl (C=O) groups is 1. The first kappa shape index (κ1) is 13.3. The Labute approximate surface area is 99.0 Å². The lowest BCUT2D eigenvalue weighted by Crippen LogP contribution is -2.23. The lowest BCUT2D eigenvalue weighted by Gasteiger charge is -2.10. The van der Waals surface area contributed by atoms with Gasteiger partial charge in [-0.2, -0.15) is 0 Å². The Morgan fingerprint density at radius 1 is 1.35 bits per heavy atom. The highest BCUT2D eigenvalue weighted by molar-refractivity contribution is 7.89. The molecular formula is C9H14N4O3S. The van der Waals surface area contributed by atoms with Crippen molar-refractivity contribution in [2.24, 2.45) is 10.9 Å². The van der Waals surface area contributed by atoms with Crippen LogP contribution in [-0.2, 0) is 10.0 Å². The van der Waals surface area contributed by atoms with Gasteiger partial charge < -0.3 is 16.8 Å². The number of sulfonamides is 1. The third kappa shape index (κ3) is 4.29. The Bertz CT molecular complexity index is 527. The van der Waals surface area contributed by atoms with E-state index in [4.69, 9.17) is 16.6 Å². The van der Waals surface area contributed by atoms with E-state index < -0.39 is 15.9 Å². The molecule has 1 amide bonds. The highest BCUT2D eigenvalue weighted by Gasteiger charge is 2.09. The molecule has 0 unspecified atom stereocenters. The molecule has 0 heterocycles. The van der Waals surface area contributed by atoms with Gasteiger partial charge in [0.1, 0.15) is 0 Å². The number of carbonyl (C=O) groups excluding carboxylic acids is 1.